The monoisotopic (exact) mass is 596 g/mol. The second-order valence-corrected chi connectivity index (χ2v) is 12.8. The molecule has 9 nitrogen and oxygen atoms in total. The Balaban J connectivity index is 1.18. The number of nitriles is 1. The Bertz CT molecular complexity index is 1520. The van der Waals surface area contributed by atoms with Gasteiger partial charge in [0.15, 0.2) is 17.3 Å². The summed E-state index contributed by atoms with van der Waals surface area (Å²) in [5, 5.41) is 18.7. The van der Waals surface area contributed by atoms with Crippen LogP contribution in [0.1, 0.15) is 99.7 Å². The van der Waals surface area contributed by atoms with Gasteiger partial charge in [-0.2, -0.15) is 5.26 Å². The number of methoxy groups -OCH3 is 1. The minimum Gasteiger partial charge on any atom is -0.494 e. The van der Waals surface area contributed by atoms with E-state index in [0.717, 1.165) is 92.7 Å². The van der Waals surface area contributed by atoms with Crippen LogP contribution in [-0.4, -0.2) is 40.6 Å². The molecule has 3 aliphatic carbocycles. The van der Waals surface area contributed by atoms with Crippen molar-refractivity contribution in [3.05, 3.63) is 59.9 Å². The summed E-state index contributed by atoms with van der Waals surface area (Å²) in [6.45, 7) is 0.635. The van der Waals surface area contributed by atoms with E-state index in [2.05, 4.69) is 17.1 Å². The van der Waals surface area contributed by atoms with Gasteiger partial charge in [-0.05, 0) is 100 Å². The molecule has 2 heterocycles. The highest BCUT2D eigenvalue weighted by Gasteiger charge is 2.34. The number of ether oxygens (including phenoxy) is 1. The summed E-state index contributed by atoms with van der Waals surface area (Å²) >= 11 is 0. The van der Waals surface area contributed by atoms with Crippen LogP contribution in [-0.2, 0) is 9.59 Å². The number of aliphatic carboxylic acids is 1. The molecule has 0 bridgehead atoms. The lowest BCUT2D eigenvalue weighted by Crippen LogP contribution is -2.41. The van der Waals surface area contributed by atoms with Gasteiger partial charge < -0.3 is 19.2 Å². The molecule has 2 aromatic heterocycles. The first-order valence-electron chi connectivity index (χ1n) is 16.0. The first kappa shape index (κ1) is 29.9. The number of pyridine rings is 1. The van der Waals surface area contributed by atoms with Crippen molar-refractivity contribution < 1.29 is 23.8 Å². The number of aromatic nitrogens is 2. The van der Waals surface area contributed by atoms with Gasteiger partial charge in [0.05, 0.1) is 7.11 Å². The highest BCUT2D eigenvalue weighted by Crippen LogP contribution is 2.41. The van der Waals surface area contributed by atoms with Crippen LogP contribution in [0.25, 0.3) is 11.3 Å². The minimum absolute atomic E-state index is 0.110. The number of benzene rings is 1. The first-order valence-corrected chi connectivity index (χ1v) is 16.0. The highest BCUT2D eigenvalue weighted by atomic mass is 16.5. The molecule has 3 fully saturated rings. The van der Waals surface area contributed by atoms with Crippen LogP contribution in [0.3, 0.4) is 0 Å². The normalized spacial score (nSPS) is 23.5. The molecule has 6 rings (SSSR count). The van der Waals surface area contributed by atoms with Crippen molar-refractivity contribution in [3.8, 4) is 23.1 Å². The fourth-order valence-electron chi connectivity index (χ4n) is 7.01. The average molecular weight is 597 g/mol. The molecule has 0 atom stereocenters. The van der Waals surface area contributed by atoms with E-state index in [4.69, 9.17) is 14.1 Å². The number of carboxylic acids is 1. The number of nitrogens with zero attached hydrogens (tertiary/aromatic N) is 4. The van der Waals surface area contributed by atoms with E-state index in [0.29, 0.717) is 29.8 Å². The van der Waals surface area contributed by atoms with Gasteiger partial charge in [0.1, 0.15) is 18.0 Å². The Hall–Kier alpha value is -4.19. The lowest BCUT2D eigenvalue weighted by atomic mass is 9.78. The summed E-state index contributed by atoms with van der Waals surface area (Å²) in [6, 6.07) is 14.0. The van der Waals surface area contributed by atoms with Crippen LogP contribution in [0.15, 0.2) is 47.1 Å². The van der Waals surface area contributed by atoms with Crippen LogP contribution >= 0.6 is 0 Å². The number of carbonyl (C=O) groups is 2. The first-order chi connectivity index (χ1) is 21.4. The third-order valence-electron chi connectivity index (χ3n) is 9.74. The molecule has 1 amide bonds. The zero-order valence-corrected chi connectivity index (χ0v) is 25.3. The summed E-state index contributed by atoms with van der Waals surface area (Å²) in [6.07, 6.45) is 10.9. The zero-order valence-electron chi connectivity index (χ0n) is 25.3. The maximum absolute atomic E-state index is 14.2. The third kappa shape index (κ3) is 6.80. The lowest BCUT2D eigenvalue weighted by Gasteiger charge is -2.36. The van der Waals surface area contributed by atoms with E-state index in [1.165, 1.54) is 0 Å². The predicted molar refractivity (Wildman–Crippen MR) is 164 cm³/mol. The molecule has 1 N–H and O–H groups in total. The van der Waals surface area contributed by atoms with Crippen molar-refractivity contribution in [1.82, 2.24) is 9.97 Å². The van der Waals surface area contributed by atoms with E-state index < -0.39 is 5.97 Å². The number of carbonyl (C=O) groups excluding carboxylic acids is 1. The molecule has 9 heteroatoms. The van der Waals surface area contributed by atoms with Gasteiger partial charge in [-0.25, -0.2) is 9.97 Å². The van der Waals surface area contributed by atoms with Crippen molar-refractivity contribution in [2.24, 2.45) is 17.8 Å². The SMILES string of the molecule is COc1ccc(C2CCC(CN(C(=O)C3CCC(CC(=O)O)CC3)c3cccc(-c4coc(C5CC5)n4)c3)CC2)nc1C#N. The Morgan fingerprint density at radius 3 is 2.39 bits per heavy atom. The quantitative estimate of drug-likeness (QED) is 0.263. The fourth-order valence-corrected chi connectivity index (χ4v) is 7.01. The summed E-state index contributed by atoms with van der Waals surface area (Å²) < 4.78 is 11.0. The molecule has 3 aromatic rings. The summed E-state index contributed by atoms with van der Waals surface area (Å²) in [5.74, 6) is 1.72. The number of carboxylic acid groups (broad SMARTS) is 1. The Labute approximate surface area is 258 Å². The van der Waals surface area contributed by atoms with Crippen LogP contribution in [0.5, 0.6) is 5.75 Å². The van der Waals surface area contributed by atoms with Gasteiger partial charge >= 0.3 is 5.97 Å². The molecular formula is C35H40N4O5. The Morgan fingerprint density at radius 2 is 1.70 bits per heavy atom. The topological polar surface area (TPSA) is 130 Å². The van der Waals surface area contributed by atoms with Crippen molar-refractivity contribution in [2.45, 2.75) is 82.5 Å². The molecule has 44 heavy (non-hydrogen) atoms. The molecule has 0 unspecified atom stereocenters. The van der Waals surface area contributed by atoms with Crippen LogP contribution in [0.2, 0.25) is 0 Å². The number of oxazole rings is 1. The van der Waals surface area contributed by atoms with Crippen molar-refractivity contribution in [2.75, 3.05) is 18.6 Å². The van der Waals surface area contributed by atoms with Gasteiger partial charge in [-0.1, -0.05) is 12.1 Å². The van der Waals surface area contributed by atoms with Gasteiger partial charge in [-0.15, -0.1) is 0 Å². The van der Waals surface area contributed by atoms with E-state index >= 15 is 0 Å². The summed E-state index contributed by atoms with van der Waals surface area (Å²) in [7, 11) is 1.55. The maximum Gasteiger partial charge on any atom is 0.303 e. The number of anilines is 1. The molecule has 1 aromatic carbocycles. The van der Waals surface area contributed by atoms with Crippen molar-refractivity contribution >= 4 is 17.6 Å². The molecule has 0 saturated heterocycles. The summed E-state index contributed by atoms with van der Waals surface area (Å²) in [4.78, 5) is 36.7. The zero-order chi connectivity index (χ0) is 30.6. The van der Waals surface area contributed by atoms with Crippen LogP contribution < -0.4 is 9.64 Å². The molecule has 3 aliphatic rings. The second-order valence-electron chi connectivity index (χ2n) is 12.8. The molecule has 230 valence electrons. The Morgan fingerprint density at radius 1 is 0.977 bits per heavy atom. The maximum atomic E-state index is 14.2. The van der Waals surface area contributed by atoms with Gasteiger partial charge in [-0.3, -0.25) is 9.59 Å². The summed E-state index contributed by atoms with van der Waals surface area (Å²) in [5.41, 5.74) is 3.84. The molecular weight excluding hydrogens is 556 g/mol. The van der Waals surface area contributed by atoms with E-state index in [-0.39, 0.29) is 30.1 Å². The second kappa shape index (κ2) is 13.2. The molecule has 0 radical (unpaired) electrons. The molecule has 0 aliphatic heterocycles. The number of hydrogen-bond donors (Lipinski definition) is 1. The smallest absolute Gasteiger partial charge is 0.303 e. The number of amides is 1. The third-order valence-corrected chi connectivity index (χ3v) is 9.74. The van der Waals surface area contributed by atoms with Gasteiger partial charge in [0, 0.05) is 47.7 Å². The molecule has 3 saturated carbocycles. The number of rotatable bonds is 10. The largest absolute Gasteiger partial charge is 0.494 e. The molecule has 0 spiro atoms. The van der Waals surface area contributed by atoms with Crippen LogP contribution in [0.4, 0.5) is 5.69 Å². The predicted octanol–water partition coefficient (Wildman–Crippen LogP) is 7.08. The van der Waals surface area contributed by atoms with Crippen LogP contribution in [0, 0.1) is 29.1 Å². The van der Waals surface area contributed by atoms with Gasteiger partial charge in [0.2, 0.25) is 5.91 Å². The fraction of sp³-hybridized carbons (Fsp3) is 0.514. The van der Waals surface area contributed by atoms with E-state index in [9.17, 15) is 20.0 Å². The van der Waals surface area contributed by atoms with Crippen molar-refractivity contribution in [3.63, 3.8) is 0 Å². The average Bonchev–Trinajstić information content (AvgIpc) is 3.79. The highest BCUT2D eigenvalue weighted by molar-refractivity contribution is 5.95. The van der Waals surface area contributed by atoms with E-state index in [1.807, 2.05) is 35.2 Å². The minimum atomic E-state index is -0.764. The van der Waals surface area contributed by atoms with Gasteiger partial charge in [0.25, 0.3) is 0 Å². The van der Waals surface area contributed by atoms with Crippen molar-refractivity contribution in [1.29, 1.82) is 5.26 Å². The van der Waals surface area contributed by atoms with E-state index in [1.54, 1.807) is 13.4 Å². The lowest BCUT2D eigenvalue weighted by molar-refractivity contribution is -0.138. The Kier molecular flexibility index (Phi) is 8.96. The standard InChI is InChI=1S/C35H40N4O5/c1-43-32-16-15-29(37-30(32)19-36)24-9-7-23(8-10-24)20-39(35(42)26-11-5-22(6-12-26)17-33(40)41)28-4-2-3-27(18-28)31-21-44-34(38-31)25-13-14-25/h2-4,15-16,18,21-26H,5-14,17,20H2,1H3,(H,40,41). The number of hydrogen-bond acceptors (Lipinski definition) is 7.